The number of carbonyl (C=O) groups excluding carboxylic acids is 1. The molecule has 0 aliphatic carbocycles. The van der Waals surface area contributed by atoms with Crippen molar-refractivity contribution in [3.63, 3.8) is 0 Å². The minimum Gasteiger partial charge on any atom is -0.479 e. The van der Waals surface area contributed by atoms with Crippen molar-refractivity contribution in [2.45, 2.75) is 32.4 Å². The van der Waals surface area contributed by atoms with Crippen molar-refractivity contribution in [2.24, 2.45) is 11.7 Å². The first-order chi connectivity index (χ1) is 6.68. The van der Waals surface area contributed by atoms with Crippen LogP contribution in [0.15, 0.2) is 0 Å². The number of carboxylic acids is 1. The van der Waals surface area contributed by atoms with Gasteiger partial charge in [-0.3, -0.25) is 4.79 Å². The molecule has 0 radical (unpaired) electrons. The lowest BCUT2D eigenvalue weighted by Gasteiger charge is -2.21. The molecule has 0 rings (SSSR count). The largest absolute Gasteiger partial charge is 0.479 e. The van der Waals surface area contributed by atoms with Crippen molar-refractivity contribution in [2.75, 3.05) is 6.54 Å². The van der Waals surface area contributed by atoms with Gasteiger partial charge in [-0.2, -0.15) is 0 Å². The Bertz CT molecular complexity index is 250. The van der Waals surface area contributed by atoms with Crippen molar-refractivity contribution in [3.8, 4) is 0 Å². The van der Waals surface area contributed by atoms with Gasteiger partial charge in [0, 0.05) is 0 Å². The average Bonchev–Trinajstić information content (AvgIpc) is 2.12. The molecule has 88 valence electrons. The maximum absolute atomic E-state index is 11.3. The molecule has 2 unspecified atom stereocenters. The summed E-state index contributed by atoms with van der Waals surface area (Å²) in [6, 6.07) is -0.699. The summed E-state index contributed by atoms with van der Waals surface area (Å²) >= 11 is 0. The fraction of sp³-hybridized carbons (Fsp3) is 0.778. The van der Waals surface area contributed by atoms with E-state index in [1.807, 2.05) is 0 Å². The zero-order valence-corrected chi connectivity index (χ0v) is 9.15. The number of hydrogen-bond acceptors (Lipinski definition) is 4. The molecule has 0 saturated heterocycles. The average molecular weight is 218 g/mol. The van der Waals surface area contributed by atoms with Crippen LogP contribution in [0.2, 0.25) is 0 Å². The van der Waals surface area contributed by atoms with Gasteiger partial charge in [0.05, 0.1) is 12.6 Å². The first-order valence-electron chi connectivity index (χ1n) is 4.67. The number of rotatable bonds is 5. The van der Waals surface area contributed by atoms with Crippen molar-refractivity contribution in [1.82, 2.24) is 5.32 Å². The highest BCUT2D eigenvalue weighted by Crippen LogP contribution is 2.02. The van der Waals surface area contributed by atoms with Gasteiger partial charge in [0.25, 0.3) is 0 Å². The van der Waals surface area contributed by atoms with Gasteiger partial charge < -0.3 is 21.3 Å². The van der Waals surface area contributed by atoms with Crippen LogP contribution in [0.4, 0.5) is 0 Å². The molecule has 0 heterocycles. The lowest BCUT2D eigenvalue weighted by Crippen LogP contribution is -2.51. The molecule has 6 nitrogen and oxygen atoms in total. The monoisotopic (exact) mass is 218 g/mol. The van der Waals surface area contributed by atoms with Crippen LogP contribution in [0, 0.1) is 5.92 Å². The fourth-order valence-electron chi connectivity index (χ4n) is 0.755. The molecule has 0 aliphatic rings. The summed E-state index contributed by atoms with van der Waals surface area (Å²) < 4.78 is 0. The molecule has 0 aromatic carbocycles. The van der Waals surface area contributed by atoms with Crippen LogP contribution < -0.4 is 11.1 Å². The third-order valence-electron chi connectivity index (χ3n) is 2.09. The quantitative estimate of drug-likeness (QED) is 0.469. The number of aliphatic hydroxyl groups is 1. The Morgan fingerprint density at radius 2 is 1.93 bits per heavy atom. The van der Waals surface area contributed by atoms with Gasteiger partial charge in [0.1, 0.15) is 0 Å². The SMILES string of the molecule is CC(C)C(N)C(=O)NCC(C)(O)C(=O)O. The Kier molecular flexibility index (Phi) is 4.70. The lowest BCUT2D eigenvalue weighted by atomic mass is 10.0. The number of carbonyl (C=O) groups is 2. The van der Waals surface area contributed by atoms with E-state index >= 15 is 0 Å². The van der Waals surface area contributed by atoms with Crippen LogP contribution in [0.5, 0.6) is 0 Å². The van der Waals surface area contributed by atoms with Crippen LogP contribution in [-0.2, 0) is 9.59 Å². The van der Waals surface area contributed by atoms with Crippen LogP contribution in [0.25, 0.3) is 0 Å². The van der Waals surface area contributed by atoms with E-state index in [0.717, 1.165) is 6.92 Å². The second-order valence-corrected chi connectivity index (χ2v) is 4.07. The molecule has 2 atom stereocenters. The number of aliphatic carboxylic acids is 1. The molecule has 0 aromatic rings. The minimum atomic E-state index is -1.97. The standard InChI is InChI=1S/C9H18N2O4/c1-5(2)6(10)7(12)11-4-9(3,15)8(13)14/h5-6,15H,4,10H2,1-3H3,(H,11,12)(H,13,14). The minimum absolute atomic E-state index is 0.0419. The third-order valence-corrected chi connectivity index (χ3v) is 2.09. The molecule has 15 heavy (non-hydrogen) atoms. The Balaban J connectivity index is 4.18. The van der Waals surface area contributed by atoms with Gasteiger partial charge >= 0.3 is 5.97 Å². The molecular formula is C9H18N2O4. The van der Waals surface area contributed by atoms with Gasteiger partial charge in [-0.1, -0.05) is 13.8 Å². The Morgan fingerprint density at radius 1 is 1.47 bits per heavy atom. The molecule has 0 aromatic heterocycles. The van der Waals surface area contributed by atoms with E-state index in [1.54, 1.807) is 13.8 Å². The van der Waals surface area contributed by atoms with E-state index in [9.17, 15) is 14.7 Å². The maximum atomic E-state index is 11.3. The van der Waals surface area contributed by atoms with E-state index in [-0.39, 0.29) is 12.5 Å². The van der Waals surface area contributed by atoms with E-state index < -0.39 is 23.5 Å². The summed E-state index contributed by atoms with van der Waals surface area (Å²) in [7, 11) is 0. The molecule has 1 amide bonds. The first-order valence-corrected chi connectivity index (χ1v) is 4.67. The van der Waals surface area contributed by atoms with Crippen molar-refractivity contribution in [1.29, 1.82) is 0 Å². The Labute approximate surface area is 88.5 Å². The maximum Gasteiger partial charge on any atom is 0.337 e. The molecule has 0 spiro atoms. The van der Waals surface area contributed by atoms with Crippen LogP contribution in [-0.4, -0.2) is 40.3 Å². The fourth-order valence-corrected chi connectivity index (χ4v) is 0.755. The summed E-state index contributed by atoms with van der Waals surface area (Å²) in [5.74, 6) is -1.90. The number of carboxylic acid groups (broad SMARTS) is 1. The Morgan fingerprint density at radius 3 is 2.27 bits per heavy atom. The zero-order valence-electron chi connectivity index (χ0n) is 9.15. The Hall–Kier alpha value is -1.14. The summed E-state index contributed by atoms with van der Waals surface area (Å²) in [4.78, 5) is 21.8. The molecule has 5 N–H and O–H groups in total. The number of nitrogens with one attached hydrogen (secondary N) is 1. The normalized spacial score (nSPS) is 16.9. The second kappa shape index (κ2) is 5.09. The van der Waals surface area contributed by atoms with E-state index in [1.165, 1.54) is 0 Å². The highest BCUT2D eigenvalue weighted by Gasteiger charge is 2.31. The molecule has 0 saturated carbocycles. The summed E-state index contributed by atoms with van der Waals surface area (Å²) in [6.07, 6.45) is 0. The zero-order chi connectivity index (χ0) is 12.2. The second-order valence-electron chi connectivity index (χ2n) is 4.07. The van der Waals surface area contributed by atoms with Crippen molar-refractivity contribution >= 4 is 11.9 Å². The van der Waals surface area contributed by atoms with Crippen LogP contribution in [0.3, 0.4) is 0 Å². The van der Waals surface area contributed by atoms with Gasteiger partial charge in [-0.25, -0.2) is 4.79 Å². The highest BCUT2D eigenvalue weighted by atomic mass is 16.4. The number of hydrogen-bond donors (Lipinski definition) is 4. The summed E-state index contributed by atoms with van der Waals surface area (Å²) in [5.41, 5.74) is 3.56. The van der Waals surface area contributed by atoms with Gasteiger partial charge in [-0.05, 0) is 12.8 Å². The first kappa shape index (κ1) is 13.9. The van der Waals surface area contributed by atoms with Crippen molar-refractivity contribution < 1.29 is 19.8 Å². The van der Waals surface area contributed by atoms with Crippen LogP contribution in [0.1, 0.15) is 20.8 Å². The highest BCUT2D eigenvalue weighted by molar-refractivity contribution is 5.83. The summed E-state index contributed by atoms with van der Waals surface area (Å²) in [5, 5.41) is 20.2. The van der Waals surface area contributed by atoms with Gasteiger partial charge in [-0.15, -0.1) is 0 Å². The predicted octanol–water partition coefficient (Wildman–Crippen LogP) is -1.08. The third kappa shape index (κ3) is 4.26. The van der Waals surface area contributed by atoms with E-state index in [4.69, 9.17) is 10.8 Å². The number of nitrogens with two attached hydrogens (primary N) is 1. The number of amides is 1. The predicted molar refractivity (Wildman–Crippen MR) is 54.1 cm³/mol. The van der Waals surface area contributed by atoms with Crippen molar-refractivity contribution in [3.05, 3.63) is 0 Å². The molecular weight excluding hydrogens is 200 g/mol. The smallest absolute Gasteiger partial charge is 0.337 e. The topological polar surface area (TPSA) is 113 Å². The molecule has 6 heteroatoms. The molecule has 0 bridgehead atoms. The molecule has 0 aliphatic heterocycles. The lowest BCUT2D eigenvalue weighted by molar-refractivity contribution is -0.156. The van der Waals surface area contributed by atoms with E-state index in [0.29, 0.717) is 0 Å². The summed E-state index contributed by atoms with van der Waals surface area (Å²) in [6.45, 7) is 4.30. The van der Waals surface area contributed by atoms with Gasteiger partial charge in [0.15, 0.2) is 5.60 Å². The van der Waals surface area contributed by atoms with Crippen LogP contribution >= 0.6 is 0 Å². The van der Waals surface area contributed by atoms with Gasteiger partial charge in [0.2, 0.25) is 5.91 Å². The van der Waals surface area contributed by atoms with E-state index in [2.05, 4.69) is 5.32 Å². The molecule has 0 fully saturated rings.